The van der Waals surface area contributed by atoms with Crippen LogP contribution in [0.15, 0.2) is 34.1 Å². The van der Waals surface area contributed by atoms with Crippen molar-refractivity contribution in [2.24, 2.45) is 0 Å². The van der Waals surface area contributed by atoms with Crippen LogP contribution in [-0.4, -0.2) is 56.5 Å². The first kappa shape index (κ1) is 45.2. The standard InChI is InChI=1S/C24H32O9S2.2C4H11NS/c1-4-6-7-8-20(25)9-10-33-24-17(5-2)13-22(35(30,31)32)15-19(24)12-18-14-21(34(27,28)29)11-16(3)23(18)26;2*1-2-3-4-5-6/h11,13-15,26H,4-10,12H2,1-3H3,(H,27,28,29)(H,30,31,32);2*5-6H,2-4H2,1H3. The van der Waals surface area contributed by atoms with Gasteiger partial charge in [0.15, 0.2) is 0 Å². The molecule has 270 valence electrons. The van der Waals surface area contributed by atoms with Gasteiger partial charge < -0.3 is 9.84 Å². The van der Waals surface area contributed by atoms with Gasteiger partial charge in [0.1, 0.15) is 17.3 Å². The molecule has 0 fully saturated rings. The molecule has 0 aliphatic carbocycles. The van der Waals surface area contributed by atoms with E-state index in [1.807, 2.05) is 6.92 Å². The van der Waals surface area contributed by atoms with E-state index >= 15 is 0 Å². The van der Waals surface area contributed by atoms with Crippen molar-refractivity contribution < 1.29 is 40.6 Å². The van der Waals surface area contributed by atoms with Gasteiger partial charge in [-0.15, -0.1) is 0 Å². The van der Waals surface area contributed by atoms with E-state index < -0.39 is 25.1 Å². The summed E-state index contributed by atoms with van der Waals surface area (Å²) in [6.45, 7) is 11.7. The summed E-state index contributed by atoms with van der Waals surface area (Å²) in [6, 6.07) is 4.66. The highest BCUT2D eigenvalue weighted by atomic mass is 32.2. The molecule has 0 unspecified atom stereocenters. The number of unbranched alkanes of at least 4 members (excludes halogenated alkanes) is 4. The van der Waals surface area contributed by atoms with Crippen molar-refractivity contribution in [2.75, 3.05) is 19.7 Å². The zero-order valence-corrected chi connectivity index (χ0v) is 31.6. The Morgan fingerprint density at radius 3 is 1.68 bits per heavy atom. The predicted octanol–water partition coefficient (Wildman–Crippen LogP) is 6.71. The minimum atomic E-state index is -4.57. The number of carbonyl (C=O) groups is 1. The second-order valence-corrected chi connectivity index (χ2v) is 14.4. The molecule has 0 aromatic heterocycles. The molecule has 2 aromatic rings. The highest BCUT2D eigenvalue weighted by molar-refractivity contribution is 7.86. The third kappa shape index (κ3) is 18.5. The molecule has 0 heterocycles. The van der Waals surface area contributed by atoms with E-state index in [0.717, 1.165) is 44.5 Å². The number of phenols is 1. The van der Waals surface area contributed by atoms with Crippen molar-refractivity contribution in [3.63, 3.8) is 0 Å². The molecule has 11 nitrogen and oxygen atoms in total. The van der Waals surface area contributed by atoms with E-state index in [0.29, 0.717) is 18.4 Å². The van der Waals surface area contributed by atoms with Crippen LogP contribution >= 0.6 is 25.6 Å². The minimum absolute atomic E-state index is 0.0433. The van der Waals surface area contributed by atoms with Gasteiger partial charge in [-0.05, 0) is 68.0 Å². The van der Waals surface area contributed by atoms with Crippen LogP contribution in [0.5, 0.6) is 11.5 Å². The largest absolute Gasteiger partial charge is 0.507 e. The lowest BCUT2D eigenvalue weighted by atomic mass is 9.98. The fraction of sp³-hybridized carbons (Fsp3) is 0.594. The van der Waals surface area contributed by atoms with Gasteiger partial charge in [-0.3, -0.25) is 23.3 Å². The molecule has 0 amide bonds. The number of benzene rings is 2. The van der Waals surface area contributed by atoms with E-state index in [1.54, 1.807) is 6.92 Å². The van der Waals surface area contributed by atoms with Gasteiger partial charge in [0.05, 0.1) is 16.4 Å². The molecule has 0 radical (unpaired) electrons. The number of hydrogen-bond donors (Lipinski definition) is 7. The van der Waals surface area contributed by atoms with E-state index in [2.05, 4.69) is 48.9 Å². The van der Waals surface area contributed by atoms with Crippen molar-refractivity contribution in [3.8, 4) is 11.5 Å². The summed E-state index contributed by atoms with van der Waals surface area (Å²) in [6.07, 6.45) is 8.48. The fourth-order valence-electron chi connectivity index (χ4n) is 4.23. The maximum atomic E-state index is 12.1. The summed E-state index contributed by atoms with van der Waals surface area (Å²) < 4.78 is 77.5. The zero-order chi connectivity index (χ0) is 36.0. The molecule has 0 saturated carbocycles. The van der Waals surface area contributed by atoms with Crippen molar-refractivity contribution in [1.29, 1.82) is 0 Å². The van der Waals surface area contributed by atoms with E-state index in [-0.39, 0.29) is 58.3 Å². The normalized spacial score (nSPS) is 11.3. The predicted molar refractivity (Wildman–Crippen MR) is 194 cm³/mol. The lowest BCUT2D eigenvalue weighted by Crippen LogP contribution is -2.11. The summed E-state index contributed by atoms with van der Waals surface area (Å²) in [7, 11) is -9.13. The molecule has 0 aliphatic heterocycles. The first-order chi connectivity index (χ1) is 22.1. The van der Waals surface area contributed by atoms with Crippen molar-refractivity contribution in [2.45, 2.75) is 115 Å². The fourth-order valence-corrected chi connectivity index (χ4v) is 5.75. The summed E-state index contributed by atoms with van der Waals surface area (Å²) in [5, 5.41) is 10.5. The Morgan fingerprint density at radius 1 is 0.745 bits per heavy atom. The van der Waals surface area contributed by atoms with E-state index in [9.17, 15) is 35.8 Å². The molecule has 0 aliphatic rings. The number of carbonyl (C=O) groups excluding carboxylic acids is 1. The van der Waals surface area contributed by atoms with Crippen molar-refractivity contribution in [1.82, 2.24) is 9.44 Å². The molecule has 0 atom stereocenters. The average molecular weight is 739 g/mol. The van der Waals surface area contributed by atoms with Crippen LogP contribution < -0.4 is 14.2 Å². The Kier molecular flexibility index (Phi) is 23.4. The van der Waals surface area contributed by atoms with Gasteiger partial charge >= 0.3 is 0 Å². The molecule has 2 rings (SSSR count). The number of phenolic OH excluding ortho intramolecular Hbond substituents is 1. The molecule has 0 saturated heterocycles. The number of nitrogens with one attached hydrogen (secondary N) is 2. The van der Waals surface area contributed by atoms with Crippen LogP contribution in [0.3, 0.4) is 0 Å². The Labute approximate surface area is 293 Å². The van der Waals surface area contributed by atoms with Crippen LogP contribution in [0.25, 0.3) is 0 Å². The summed E-state index contributed by atoms with van der Waals surface area (Å²) in [4.78, 5) is 11.3. The lowest BCUT2D eigenvalue weighted by Gasteiger charge is -2.18. The molecular weight excluding hydrogens is 685 g/mol. The molecular formula is C32H54N2O9S4. The van der Waals surface area contributed by atoms with Crippen molar-refractivity contribution >= 4 is 51.6 Å². The van der Waals surface area contributed by atoms with E-state index in [4.69, 9.17) is 4.74 Å². The molecule has 0 bridgehead atoms. The number of aryl methyl sites for hydroxylation is 2. The summed E-state index contributed by atoms with van der Waals surface area (Å²) in [5.74, 6) is 0.0991. The van der Waals surface area contributed by atoms with Gasteiger partial charge in [-0.25, -0.2) is 0 Å². The smallest absolute Gasteiger partial charge is 0.294 e. The molecule has 2 aromatic carbocycles. The van der Waals surface area contributed by atoms with Crippen LogP contribution in [0.4, 0.5) is 0 Å². The maximum Gasteiger partial charge on any atom is 0.294 e. The monoisotopic (exact) mass is 738 g/mol. The van der Waals surface area contributed by atoms with Gasteiger partial charge in [0, 0.05) is 43.5 Å². The van der Waals surface area contributed by atoms with Crippen LogP contribution in [0.2, 0.25) is 0 Å². The van der Waals surface area contributed by atoms with Crippen LogP contribution in [-0.2, 0) is 37.9 Å². The summed E-state index contributed by atoms with van der Waals surface area (Å²) >= 11 is 7.61. The van der Waals surface area contributed by atoms with Crippen molar-refractivity contribution in [3.05, 3.63) is 46.5 Å². The maximum absolute atomic E-state index is 12.1. The number of hydrogen-bond acceptors (Lipinski definition) is 11. The Balaban J connectivity index is 0.00000149. The topological polar surface area (TPSA) is 179 Å². The Morgan fingerprint density at radius 2 is 1.23 bits per heavy atom. The molecule has 0 spiro atoms. The summed E-state index contributed by atoms with van der Waals surface area (Å²) in [5.41, 5.74) is 1.01. The highest BCUT2D eigenvalue weighted by Crippen LogP contribution is 2.34. The second-order valence-electron chi connectivity index (χ2n) is 10.9. The number of Topliss-reactive ketones (excluding diaryl/α,β-unsaturated/α-hetero) is 1. The molecule has 15 heteroatoms. The SMILES string of the molecule is CCCCCC(=O)CCOc1c(CC)cc(S(=O)(=O)O)cc1Cc1cc(S(=O)(=O)O)cc(C)c1O.CCCCNS.CCCCNS. The van der Waals surface area contributed by atoms with E-state index in [1.165, 1.54) is 44.7 Å². The number of ketones is 1. The lowest BCUT2D eigenvalue weighted by molar-refractivity contribution is -0.119. The second kappa shape index (κ2) is 24.3. The third-order valence-corrected chi connectivity index (χ3v) is 9.01. The minimum Gasteiger partial charge on any atom is -0.507 e. The Bertz CT molecular complexity index is 1420. The highest BCUT2D eigenvalue weighted by Gasteiger charge is 2.21. The van der Waals surface area contributed by atoms with Gasteiger partial charge in [0.25, 0.3) is 20.2 Å². The number of rotatable bonds is 19. The quantitative estimate of drug-likeness (QED) is 0.0463. The third-order valence-electron chi connectivity index (χ3n) is 6.90. The molecule has 5 N–H and O–H groups in total. The van der Waals surface area contributed by atoms with Crippen LogP contribution in [0, 0.1) is 6.92 Å². The van der Waals surface area contributed by atoms with Gasteiger partial charge in [0.2, 0.25) is 0 Å². The number of thiol groups is 2. The van der Waals surface area contributed by atoms with Crippen LogP contribution in [0.1, 0.15) is 108 Å². The number of aromatic hydroxyl groups is 1. The number of ether oxygens (including phenoxy) is 1. The average Bonchev–Trinajstić information content (AvgIpc) is 3.01. The molecule has 47 heavy (non-hydrogen) atoms. The van der Waals surface area contributed by atoms with Gasteiger partial charge in [-0.2, -0.15) is 16.8 Å². The van der Waals surface area contributed by atoms with Gasteiger partial charge in [-0.1, -0.05) is 79.0 Å². The zero-order valence-electron chi connectivity index (χ0n) is 28.2. The first-order valence-electron chi connectivity index (χ1n) is 15.9. The Hall–Kier alpha value is -1.85. The first-order valence-corrected chi connectivity index (χ1v) is 19.7.